The summed E-state index contributed by atoms with van der Waals surface area (Å²) in [7, 11) is 1.58. The predicted molar refractivity (Wildman–Crippen MR) is 158 cm³/mol. The summed E-state index contributed by atoms with van der Waals surface area (Å²) in [5.41, 5.74) is 1.75. The molecule has 0 aromatic carbocycles. The molecule has 5 fully saturated rings. The second-order valence-corrected chi connectivity index (χ2v) is 15.7. The van der Waals surface area contributed by atoms with E-state index in [0.29, 0.717) is 35.4 Å². The number of ketones is 1. The van der Waals surface area contributed by atoms with E-state index in [2.05, 4.69) is 48.1 Å². The Hall–Kier alpha value is -2.10. The Balaban J connectivity index is 1.42. The van der Waals surface area contributed by atoms with Gasteiger partial charge < -0.3 is 9.15 Å². The lowest BCUT2D eigenvalue weighted by atomic mass is 9.32. The van der Waals surface area contributed by atoms with E-state index in [1.165, 1.54) is 12.0 Å². The molecule has 0 amide bonds. The van der Waals surface area contributed by atoms with Crippen LogP contribution >= 0.6 is 0 Å². The zero-order chi connectivity index (χ0) is 28.9. The smallest absolute Gasteiger partial charge is 0.312 e. The summed E-state index contributed by atoms with van der Waals surface area (Å²) in [6, 6.07) is 3.85. The molecule has 5 aliphatic carbocycles. The van der Waals surface area contributed by atoms with Gasteiger partial charge in [-0.1, -0.05) is 46.8 Å². The van der Waals surface area contributed by atoms with Gasteiger partial charge in [0, 0.05) is 5.41 Å². The van der Waals surface area contributed by atoms with E-state index >= 15 is 0 Å². The first-order chi connectivity index (χ1) is 18.8. The number of Topliss-reactive ketones (excluding diaryl/α,β-unsaturated/α-hetero) is 1. The van der Waals surface area contributed by atoms with Crippen LogP contribution in [0.25, 0.3) is 6.08 Å². The van der Waals surface area contributed by atoms with Gasteiger partial charge in [-0.05, 0) is 134 Å². The van der Waals surface area contributed by atoms with E-state index in [-0.39, 0.29) is 27.6 Å². The van der Waals surface area contributed by atoms with Crippen molar-refractivity contribution in [2.75, 3.05) is 7.11 Å². The summed E-state index contributed by atoms with van der Waals surface area (Å²) in [6.45, 7) is 18.7. The van der Waals surface area contributed by atoms with Crippen molar-refractivity contribution >= 4 is 17.8 Å². The molecule has 0 spiro atoms. The van der Waals surface area contributed by atoms with Crippen LogP contribution < -0.4 is 0 Å². The molecule has 0 bridgehead atoms. The largest absolute Gasteiger partial charge is 0.469 e. The molecule has 0 aliphatic heterocycles. The zero-order valence-electron chi connectivity index (χ0n) is 25.9. The van der Waals surface area contributed by atoms with Crippen LogP contribution in [-0.4, -0.2) is 18.9 Å². The van der Waals surface area contributed by atoms with Crippen molar-refractivity contribution in [3.63, 3.8) is 0 Å². The van der Waals surface area contributed by atoms with Crippen LogP contribution in [0.5, 0.6) is 0 Å². The predicted octanol–water partition coefficient (Wildman–Crippen LogP) is 8.67. The molecule has 4 nitrogen and oxygen atoms in total. The van der Waals surface area contributed by atoms with Gasteiger partial charge in [-0.2, -0.15) is 0 Å². The topological polar surface area (TPSA) is 56.5 Å². The maximum Gasteiger partial charge on any atom is 0.312 e. The second kappa shape index (κ2) is 8.95. The number of carbonyl (C=O) groups is 2. The van der Waals surface area contributed by atoms with Crippen molar-refractivity contribution in [3.05, 3.63) is 41.9 Å². The SMILES string of the molecule is C=C(C)[C@@H]1CC[C@]2(C(=O)OC)CC[C@]3(C)[C@H](CC[C@@H]4[C@@]5(C)CC(=Cc6ccco6)C(=O)C(C)(C)C5CC[C@]43C)C12. The average molecular weight is 547 g/mol. The first kappa shape index (κ1) is 28.0. The van der Waals surface area contributed by atoms with Crippen molar-refractivity contribution in [1.82, 2.24) is 0 Å². The Morgan fingerprint density at radius 3 is 2.40 bits per heavy atom. The highest BCUT2D eigenvalue weighted by atomic mass is 16.5. The Labute approximate surface area is 241 Å². The van der Waals surface area contributed by atoms with Gasteiger partial charge in [0.1, 0.15) is 5.76 Å². The van der Waals surface area contributed by atoms with Gasteiger partial charge in [0.2, 0.25) is 0 Å². The highest BCUT2D eigenvalue weighted by Gasteiger charge is 2.72. The summed E-state index contributed by atoms with van der Waals surface area (Å²) < 4.78 is 11.2. The van der Waals surface area contributed by atoms with Crippen LogP contribution in [-0.2, 0) is 14.3 Å². The van der Waals surface area contributed by atoms with E-state index in [4.69, 9.17) is 9.15 Å². The molecule has 0 radical (unpaired) electrons. The highest BCUT2D eigenvalue weighted by molar-refractivity contribution is 6.04. The normalized spacial score (nSPS) is 46.6. The van der Waals surface area contributed by atoms with Gasteiger partial charge in [0.05, 0.1) is 18.8 Å². The van der Waals surface area contributed by atoms with Crippen LogP contribution in [0.4, 0.5) is 0 Å². The summed E-state index contributed by atoms with van der Waals surface area (Å²) in [4.78, 5) is 27.4. The number of rotatable bonds is 3. The number of furan rings is 1. The molecule has 0 N–H and O–H groups in total. The molecular weight excluding hydrogens is 496 g/mol. The summed E-state index contributed by atoms with van der Waals surface area (Å²) >= 11 is 0. The number of allylic oxidation sites excluding steroid dienone is 2. The van der Waals surface area contributed by atoms with Crippen LogP contribution in [0.3, 0.4) is 0 Å². The molecule has 218 valence electrons. The molecule has 1 aromatic rings. The van der Waals surface area contributed by atoms with Crippen molar-refractivity contribution in [2.24, 2.45) is 56.7 Å². The minimum absolute atomic E-state index is 0.0199. The minimum Gasteiger partial charge on any atom is -0.469 e. The van der Waals surface area contributed by atoms with Gasteiger partial charge in [-0.3, -0.25) is 9.59 Å². The Kier molecular flexibility index (Phi) is 6.27. The Bertz CT molecular complexity index is 1250. The van der Waals surface area contributed by atoms with Crippen LogP contribution in [0.2, 0.25) is 0 Å². The van der Waals surface area contributed by atoms with Gasteiger partial charge in [0.15, 0.2) is 5.78 Å². The monoisotopic (exact) mass is 546 g/mol. The number of hydrogen-bond acceptors (Lipinski definition) is 4. The summed E-state index contributed by atoms with van der Waals surface area (Å²) in [5, 5.41) is 0. The molecule has 2 unspecified atom stereocenters. The maximum absolute atomic E-state index is 13.9. The third kappa shape index (κ3) is 3.43. The fraction of sp³-hybridized carbons (Fsp3) is 0.722. The van der Waals surface area contributed by atoms with Crippen molar-refractivity contribution in [1.29, 1.82) is 0 Å². The minimum atomic E-state index is -0.395. The lowest BCUT2D eigenvalue weighted by Crippen LogP contribution is -2.67. The molecule has 1 aromatic heterocycles. The quantitative estimate of drug-likeness (QED) is 0.216. The van der Waals surface area contributed by atoms with Gasteiger partial charge >= 0.3 is 5.97 Å². The van der Waals surface area contributed by atoms with Gasteiger partial charge in [0.25, 0.3) is 0 Å². The molecular formula is C36H50O4. The number of ether oxygens (including phenoxy) is 1. The average Bonchev–Trinajstić information content (AvgIpc) is 3.55. The van der Waals surface area contributed by atoms with E-state index < -0.39 is 5.41 Å². The first-order valence-corrected chi connectivity index (χ1v) is 15.8. The van der Waals surface area contributed by atoms with E-state index in [1.807, 2.05) is 18.2 Å². The Morgan fingerprint density at radius 2 is 1.75 bits per heavy atom. The zero-order valence-corrected chi connectivity index (χ0v) is 25.9. The number of esters is 1. The lowest BCUT2D eigenvalue weighted by Gasteiger charge is -2.72. The second-order valence-electron chi connectivity index (χ2n) is 15.7. The molecule has 0 saturated heterocycles. The third-order valence-corrected chi connectivity index (χ3v) is 14.1. The fourth-order valence-electron chi connectivity index (χ4n) is 12.2. The third-order valence-electron chi connectivity index (χ3n) is 14.1. The number of carbonyl (C=O) groups excluding carboxylic acids is 2. The molecule has 5 aliphatic rings. The number of hydrogen-bond donors (Lipinski definition) is 0. The van der Waals surface area contributed by atoms with Crippen molar-refractivity contribution in [2.45, 2.75) is 99.3 Å². The van der Waals surface area contributed by atoms with Crippen LogP contribution in [0.1, 0.15) is 105 Å². The van der Waals surface area contributed by atoms with E-state index in [0.717, 1.165) is 62.7 Å². The van der Waals surface area contributed by atoms with Crippen LogP contribution in [0, 0.1) is 56.7 Å². The number of fused-ring (bicyclic) bond motifs is 7. The van der Waals surface area contributed by atoms with Crippen molar-refractivity contribution < 1.29 is 18.7 Å². The molecule has 9 atom stereocenters. The fourth-order valence-corrected chi connectivity index (χ4v) is 12.2. The number of methoxy groups -OCH3 is 1. The molecule has 1 heterocycles. The Morgan fingerprint density at radius 1 is 1.00 bits per heavy atom. The molecule has 6 rings (SSSR count). The molecule has 4 heteroatoms. The van der Waals surface area contributed by atoms with Gasteiger partial charge in [-0.15, -0.1) is 0 Å². The van der Waals surface area contributed by atoms with Crippen molar-refractivity contribution in [3.8, 4) is 0 Å². The summed E-state index contributed by atoms with van der Waals surface area (Å²) in [6.07, 6.45) is 13.1. The molecule has 5 saturated carbocycles. The maximum atomic E-state index is 13.9. The molecule has 40 heavy (non-hydrogen) atoms. The van der Waals surface area contributed by atoms with Crippen LogP contribution in [0.15, 0.2) is 40.5 Å². The van der Waals surface area contributed by atoms with Gasteiger partial charge in [-0.25, -0.2) is 0 Å². The first-order valence-electron chi connectivity index (χ1n) is 15.8. The lowest BCUT2D eigenvalue weighted by molar-refractivity contribution is -0.232. The highest BCUT2D eigenvalue weighted by Crippen LogP contribution is 2.77. The van der Waals surface area contributed by atoms with E-state index in [9.17, 15) is 9.59 Å². The summed E-state index contributed by atoms with van der Waals surface area (Å²) in [5.74, 6) is 3.19. The standard InChI is InChI=1S/C36H50O4/c1-22(2)25-13-16-36(31(38)39-8)18-17-34(6)26(29(25)36)11-12-28-33(5)21-23(20-24-10-9-19-40-24)30(37)32(3,4)27(33)14-15-35(28,34)7/h9-10,19-20,25-29H,1,11-18,21H2,2-8H3/t25-,26+,27?,28+,29?,33-,34+,35+,36-/m0/s1. The van der Waals surface area contributed by atoms with E-state index in [1.54, 1.807) is 13.4 Å².